The molecule has 1 N–H and O–H groups in total. The minimum atomic E-state index is 0.658. The van der Waals surface area contributed by atoms with Gasteiger partial charge in [0.05, 0.1) is 6.61 Å². The molecule has 5 heteroatoms. The Hall–Kier alpha value is -1.36. The number of anilines is 1. The van der Waals surface area contributed by atoms with Gasteiger partial charge in [0.25, 0.3) is 0 Å². The molecule has 0 fully saturated rings. The van der Waals surface area contributed by atoms with E-state index in [-0.39, 0.29) is 0 Å². The maximum atomic E-state index is 5.54. The van der Waals surface area contributed by atoms with E-state index in [1.165, 1.54) is 6.42 Å². The van der Waals surface area contributed by atoms with Crippen LogP contribution in [0.1, 0.15) is 31.9 Å². The first-order chi connectivity index (χ1) is 9.11. The fourth-order valence-electron chi connectivity index (χ4n) is 1.65. The van der Waals surface area contributed by atoms with E-state index >= 15 is 0 Å². The topological polar surface area (TPSA) is 50.3 Å². The zero-order valence-corrected chi connectivity index (χ0v) is 12.6. The van der Waals surface area contributed by atoms with Crippen LogP contribution < -0.4 is 10.1 Å². The molecule has 0 saturated heterocycles. The molecule has 5 nitrogen and oxygen atoms in total. The van der Waals surface area contributed by atoms with Gasteiger partial charge in [-0.2, -0.15) is 4.98 Å². The van der Waals surface area contributed by atoms with Crippen molar-refractivity contribution in [2.45, 2.75) is 33.1 Å². The molecule has 1 heterocycles. The lowest BCUT2D eigenvalue weighted by Gasteiger charge is -2.10. The fraction of sp³-hybridized carbons (Fsp3) is 0.714. The highest BCUT2D eigenvalue weighted by molar-refractivity contribution is 5.30. The van der Waals surface area contributed by atoms with Crippen molar-refractivity contribution in [1.29, 1.82) is 0 Å². The van der Waals surface area contributed by atoms with Crippen LogP contribution in [0, 0.1) is 6.92 Å². The monoisotopic (exact) mass is 266 g/mol. The Labute approximate surface area is 116 Å². The highest BCUT2D eigenvalue weighted by Gasteiger charge is 2.02. The number of unbranched alkanes of at least 4 members (excludes halogenated alkanes) is 1. The molecule has 108 valence electrons. The first-order valence-electron chi connectivity index (χ1n) is 6.99. The Morgan fingerprint density at radius 1 is 1.26 bits per heavy atom. The summed E-state index contributed by atoms with van der Waals surface area (Å²) in [6.07, 6.45) is 3.27. The Morgan fingerprint density at radius 2 is 2.05 bits per heavy atom. The molecular formula is C14H26N4O. The molecule has 1 aromatic rings. The zero-order chi connectivity index (χ0) is 14.1. The Bertz CT molecular complexity index is 368. The van der Waals surface area contributed by atoms with Gasteiger partial charge in [0.1, 0.15) is 0 Å². The summed E-state index contributed by atoms with van der Waals surface area (Å²) in [7, 11) is 4.18. The van der Waals surface area contributed by atoms with Crippen LogP contribution in [0.25, 0.3) is 0 Å². The van der Waals surface area contributed by atoms with Gasteiger partial charge in [-0.25, -0.2) is 4.98 Å². The van der Waals surface area contributed by atoms with E-state index in [0.717, 1.165) is 31.6 Å². The first-order valence-corrected chi connectivity index (χ1v) is 6.99. The highest BCUT2D eigenvalue weighted by Crippen LogP contribution is 2.12. The minimum Gasteiger partial charge on any atom is -0.478 e. The number of hydrogen-bond acceptors (Lipinski definition) is 5. The summed E-state index contributed by atoms with van der Waals surface area (Å²) >= 11 is 0. The summed E-state index contributed by atoms with van der Waals surface area (Å²) in [6, 6.07) is 1.87. The van der Waals surface area contributed by atoms with Gasteiger partial charge in [0.2, 0.25) is 11.8 Å². The molecule has 19 heavy (non-hydrogen) atoms. The molecular weight excluding hydrogens is 240 g/mol. The summed E-state index contributed by atoms with van der Waals surface area (Å²) in [5.41, 5.74) is 0.928. The van der Waals surface area contributed by atoms with Gasteiger partial charge in [-0.3, -0.25) is 0 Å². The number of rotatable bonds is 9. The molecule has 0 aliphatic rings. The maximum Gasteiger partial charge on any atom is 0.226 e. The van der Waals surface area contributed by atoms with Crippen LogP contribution in [0.2, 0.25) is 0 Å². The normalized spacial score (nSPS) is 10.8. The molecule has 1 aromatic heterocycles. The van der Waals surface area contributed by atoms with Crippen LogP contribution in [0.5, 0.6) is 5.88 Å². The van der Waals surface area contributed by atoms with Gasteiger partial charge in [0, 0.05) is 18.3 Å². The van der Waals surface area contributed by atoms with Crippen molar-refractivity contribution < 1.29 is 4.74 Å². The van der Waals surface area contributed by atoms with E-state index in [9.17, 15) is 0 Å². The highest BCUT2D eigenvalue weighted by atomic mass is 16.5. The van der Waals surface area contributed by atoms with Gasteiger partial charge in [-0.1, -0.05) is 6.92 Å². The molecule has 0 atom stereocenters. The molecule has 0 radical (unpaired) electrons. The van der Waals surface area contributed by atoms with Crippen LogP contribution in [0.15, 0.2) is 6.07 Å². The lowest BCUT2D eigenvalue weighted by molar-refractivity contribution is 0.305. The third-order valence-corrected chi connectivity index (χ3v) is 2.60. The van der Waals surface area contributed by atoms with Gasteiger partial charge in [-0.05, 0) is 46.8 Å². The van der Waals surface area contributed by atoms with E-state index in [2.05, 4.69) is 41.2 Å². The van der Waals surface area contributed by atoms with Crippen molar-refractivity contribution in [3.63, 3.8) is 0 Å². The molecule has 0 aliphatic heterocycles. The Kier molecular flexibility index (Phi) is 7.18. The van der Waals surface area contributed by atoms with Crippen LogP contribution in [0.4, 0.5) is 5.95 Å². The lowest BCUT2D eigenvalue weighted by Crippen LogP contribution is -2.14. The molecule has 0 spiro atoms. The predicted molar refractivity (Wildman–Crippen MR) is 78.8 cm³/mol. The first kappa shape index (κ1) is 15.7. The van der Waals surface area contributed by atoms with Gasteiger partial charge in [-0.15, -0.1) is 0 Å². The van der Waals surface area contributed by atoms with Crippen LogP contribution in [-0.2, 0) is 0 Å². The standard InChI is InChI=1S/C14H26N4O/c1-5-10-19-13-11-12(2)16-14(17-13)15-8-6-7-9-18(3)4/h11H,5-10H2,1-4H3,(H,15,16,17). The van der Waals surface area contributed by atoms with Gasteiger partial charge in [0.15, 0.2) is 0 Å². The number of nitrogens with zero attached hydrogens (tertiary/aromatic N) is 3. The van der Waals surface area contributed by atoms with E-state index < -0.39 is 0 Å². The second-order valence-corrected chi connectivity index (χ2v) is 4.96. The van der Waals surface area contributed by atoms with E-state index in [4.69, 9.17) is 4.74 Å². The number of nitrogens with one attached hydrogen (secondary N) is 1. The quantitative estimate of drug-likeness (QED) is 0.695. The largest absolute Gasteiger partial charge is 0.478 e. The second-order valence-electron chi connectivity index (χ2n) is 4.96. The lowest BCUT2D eigenvalue weighted by atomic mass is 10.3. The van der Waals surface area contributed by atoms with E-state index in [0.29, 0.717) is 18.4 Å². The maximum absolute atomic E-state index is 5.54. The van der Waals surface area contributed by atoms with Crippen molar-refractivity contribution in [3.05, 3.63) is 11.8 Å². The third kappa shape index (κ3) is 6.96. The van der Waals surface area contributed by atoms with Crippen molar-refractivity contribution in [3.8, 4) is 5.88 Å². The summed E-state index contributed by atoms with van der Waals surface area (Å²) in [6.45, 7) is 6.74. The summed E-state index contributed by atoms with van der Waals surface area (Å²) in [4.78, 5) is 10.9. The van der Waals surface area contributed by atoms with E-state index in [1.54, 1.807) is 0 Å². The molecule has 0 bridgehead atoms. The van der Waals surface area contributed by atoms with Crippen molar-refractivity contribution >= 4 is 5.95 Å². The van der Waals surface area contributed by atoms with Crippen LogP contribution >= 0.6 is 0 Å². The number of aryl methyl sites for hydroxylation is 1. The SMILES string of the molecule is CCCOc1cc(C)nc(NCCCCN(C)C)n1. The second kappa shape index (κ2) is 8.69. The van der Waals surface area contributed by atoms with Gasteiger partial charge < -0.3 is 15.0 Å². The molecule has 0 aliphatic carbocycles. The molecule has 0 amide bonds. The minimum absolute atomic E-state index is 0.658. The average Bonchev–Trinajstić information content (AvgIpc) is 2.35. The molecule has 0 aromatic carbocycles. The molecule has 1 rings (SSSR count). The van der Waals surface area contributed by atoms with Crippen molar-refractivity contribution in [2.24, 2.45) is 0 Å². The van der Waals surface area contributed by atoms with Crippen molar-refractivity contribution in [1.82, 2.24) is 14.9 Å². The van der Waals surface area contributed by atoms with Crippen molar-refractivity contribution in [2.75, 3.05) is 39.1 Å². The predicted octanol–water partition coefficient (Wildman–Crippen LogP) is 2.33. The summed E-state index contributed by atoms with van der Waals surface area (Å²) in [5, 5.41) is 3.26. The number of hydrogen-bond donors (Lipinski definition) is 1. The number of aromatic nitrogens is 2. The van der Waals surface area contributed by atoms with Crippen LogP contribution in [-0.4, -0.2) is 48.7 Å². The zero-order valence-electron chi connectivity index (χ0n) is 12.6. The number of ether oxygens (including phenoxy) is 1. The Morgan fingerprint density at radius 3 is 2.74 bits per heavy atom. The van der Waals surface area contributed by atoms with Crippen LogP contribution in [0.3, 0.4) is 0 Å². The third-order valence-electron chi connectivity index (χ3n) is 2.60. The molecule has 0 saturated carbocycles. The van der Waals surface area contributed by atoms with Gasteiger partial charge >= 0.3 is 0 Å². The Balaban J connectivity index is 2.38. The summed E-state index contributed by atoms with van der Waals surface area (Å²) < 4.78 is 5.54. The van der Waals surface area contributed by atoms with E-state index in [1.807, 2.05) is 13.0 Å². The smallest absolute Gasteiger partial charge is 0.226 e. The average molecular weight is 266 g/mol. The summed E-state index contributed by atoms with van der Waals surface area (Å²) in [5.74, 6) is 1.32. The fourth-order valence-corrected chi connectivity index (χ4v) is 1.65. The molecule has 0 unspecified atom stereocenters.